The minimum absolute atomic E-state index is 0.00380. The van der Waals surface area contributed by atoms with Crippen LogP contribution in [0.1, 0.15) is 10.5 Å². The Morgan fingerprint density at radius 2 is 1.94 bits per heavy atom. The first kappa shape index (κ1) is 22.9. The van der Waals surface area contributed by atoms with Crippen LogP contribution >= 0.6 is 0 Å². The molecule has 1 saturated heterocycles. The van der Waals surface area contributed by atoms with Gasteiger partial charge in [-0.3, -0.25) is 9.59 Å². The van der Waals surface area contributed by atoms with Crippen molar-refractivity contribution in [2.24, 2.45) is 0 Å². The lowest BCUT2D eigenvalue weighted by atomic mass is 10.3. The first-order valence-corrected chi connectivity index (χ1v) is 10.9. The van der Waals surface area contributed by atoms with E-state index in [1.807, 2.05) is 0 Å². The zero-order chi connectivity index (χ0) is 22.4. The summed E-state index contributed by atoms with van der Waals surface area (Å²) in [6.07, 6.45) is 0. The highest BCUT2D eigenvalue weighted by molar-refractivity contribution is 7.89. The zero-order valence-electron chi connectivity index (χ0n) is 17.2. The maximum atomic E-state index is 13.1. The minimum Gasteiger partial charge on any atom is -0.495 e. The molecule has 11 nitrogen and oxygen atoms in total. The lowest BCUT2D eigenvalue weighted by Gasteiger charge is -2.26. The molecule has 0 unspecified atom stereocenters. The average molecular weight is 452 g/mol. The van der Waals surface area contributed by atoms with Crippen molar-refractivity contribution in [1.82, 2.24) is 14.1 Å². The van der Waals surface area contributed by atoms with Gasteiger partial charge in [0, 0.05) is 32.0 Å². The van der Waals surface area contributed by atoms with Crippen molar-refractivity contribution in [2.75, 3.05) is 52.4 Å². The number of nitrogens with zero attached hydrogens (tertiary/aromatic N) is 3. The van der Waals surface area contributed by atoms with Crippen LogP contribution in [-0.4, -0.2) is 75.5 Å². The molecule has 3 rings (SSSR count). The van der Waals surface area contributed by atoms with E-state index in [4.69, 9.17) is 14.2 Å². The highest BCUT2D eigenvalue weighted by Gasteiger charge is 2.29. The molecular formula is C19H24N4O7S. The van der Waals surface area contributed by atoms with E-state index in [0.29, 0.717) is 13.2 Å². The maximum Gasteiger partial charge on any atom is 0.276 e. The van der Waals surface area contributed by atoms with E-state index in [1.165, 1.54) is 48.9 Å². The molecule has 31 heavy (non-hydrogen) atoms. The summed E-state index contributed by atoms with van der Waals surface area (Å²) in [6, 6.07) is 6.87. The number of rotatable bonds is 8. The van der Waals surface area contributed by atoms with E-state index in [9.17, 15) is 18.0 Å². The van der Waals surface area contributed by atoms with Crippen molar-refractivity contribution in [3.63, 3.8) is 0 Å². The van der Waals surface area contributed by atoms with Crippen molar-refractivity contribution in [2.45, 2.75) is 11.4 Å². The number of benzene rings is 1. The number of amides is 1. The number of methoxy groups -OCH3 is 2. The molecule has 0 bridgehead atoms. The molecule has 12 heteroatoms. The summed E-state index contributed by atoms with van der Waals surface area (Å²) in [6.45, 7) is 1.54. The van der Waals surface area contributed by atoms with Gasteiger partial charge in [-0.15, -0.1) is 0 Å². The summed E-state index contributed by atoms with van der Waals surface area (Å²) in [5, 5.41) is 6.65. The first-order chi connectivity index (χ1) is 14.9. The fraction of sp³-hybridized carbons (Fsp3) is 0.421. The van der Waals surface area contributed by atoms with Crippen molar-refractivity contribution in [3.8, 4) is 5.75 Å². The summed E-state index contributed by atoms with van der Waals surface area (Å²) < 4.78 is 44.0. The summed E-state index contributed by atoms with van der Waals surface area (Å²) >= 11 is 0. The Kier molecular flexibility index (Phi) is 7.38. The van der Waals surface area contributed by atoms with Crippen LogP contribution in [-0.2, 0) is 26.0 Å². The quantitative estimate of drug-likeness (QED) is 0.600. The fourth-order valence-electron chi connectivity index (χ4n) is 2.99. The summed E-state index contributed by atoms with van der Waals surface area (Å²) in [5.74, 6) is -0.429. The van der Waals surface area contributed by atoms with E-state index in [1.54, 1.807) is 0 Å². The molecule has 1 amide bonds. The van der Waals surface area contributed by atoms with Gasteiger partial charge in [0.2, 0.25) is 10.0 Å². The molecule has 2 aromatic rings. The van der Waals surface area contributed by atoms with Crippen molar-refractivity contribution in [3.05, 3.63) is 46.4 Å². The predicted octanol–water partition coefficient (Wildman–Crippen LogP) is 0.172. The van der Waals surface area contributed by atoms with Gasteiger partial charge in [-0.25, -0.2) is 13.1 Å². The molecule has 2 heterocycles. The van der Waals surface area contributed by atoms with Gasteiger partial charge in [-0.05, 0) is 24.3 Å². The van der Waals surface area contributed by atoms with Crippen LogP contribution in [0.15, 0.2) is 40.0 Å². The second-order valence-corrected chi connectivity index (χ2v) is 8.52. The molecule has 168 valence electrons. The SMILES string of the molecule is COCCn1nc(C(=O)Nc2ccc(OC)c(S(=O)(=O)N3CCOCC3)c2)ccc1=O. The number of ether oxygens (including phenoxy) is 3. The largest absolute Gasteiger partial charge is 0.495 e. The molecule has 1 N–H and O–H groups in total. The summed E-state index contributed by atoms with van der Waals surface area (Å²) in [4.78, 5) is 24.4. The number of anilines is 1. The van der Waals surface area contributed by atoms with Crippen LogP contribution in [0.3, 0.4) is 0 Å². The second kappa shape index (κ2) is 10.0. The zero-order valence-corrected chi connectivity index (χ0v) is 18.1. The average Bonchev–Trinajstić information content (AvgIpc) is 2.79. The van der Waals surface area contributed by atoms with Crippen molar-refractivity contribution < 1.29 is 27.4 Å². The topological polar surface area (TPSA) is 129 Å². The van der Waals surface area contributed by atoms with Gasteiger partial charge < -0.3 is 19.5 Å². The smallest absolute Gasteiger partial charge is 0.276 e. The monoisotopic (exact) mass is 452 g/mol. The normalized spacial score (nSPS) is 14.9. The lowest BCUT2D eigenvalue weighted by Crippen LogP contribution is -2.40. The summed E-state index contributed by atoms with van der Waals surface area (Å²) in [5.41, 5.74) is -0.116. The number of hydrogen-bond donors (Lipinski definition) is 1. The van der Waals surface area contributed by atoms with Crippen LogP contribution < -0.4 is 15.6 Å². The number of morpholine rings is 1. The standard InChI is InChI=1S/C19H24N4O7S/c1-28-10-9-23-18(24)6-4-15(21-23)19(25)20-14-3-5-16(29-2)17(13-14)31(26,27)22-7-11-30-12-8-22/h3-6,13H,7-12H2,1-2H3,(H,20,25). The molecule has 1 fully saturated rings. The van der Waals surface area contributed by atoms with Gasteiger partial charge in [0.25, 0.3) is 11.5 Å². The maximum absolute atomic E-state index is 13.1. The van der Waals surface area contributed by atoms with Crippen molar-refractivity contribution >= 4 is 21.6 Å². The Morgan fingerprint density at radius 3 is 2.61 bits per heavy atom. The highest BCUT2D eigenvalue weighted by Crippen LogP contribution is 2.30. The Bertz CT molecular complexity index is 1090. The Morgan fingerprint density at radius 1 is 1.19 bits per heavy atom. The van der Waals surface area contributed by atoms with E-state index in [2.05, 4.69) is 10.4 Å². The highest BCUT2D eigenvalue weighted by atomic mass is 32.2. The van der Waals surface area contributed by atoms with Gasteiger partial charge in [0.05, 0.1) is 33.5 Å². The molecule has 1 aromatic carbocycles. The number of hydrogen-bond acceptors (Lipinski definition) is 8. The number of carbonyl (C=O) groups excluding carboxylic acids is 1. The Labute approximate surface area is 179 Å². The molecule has 0 atom stereocenters. The number of nitrogens with one attached hydrogen (secondary N) is 1. The third-order valence-corrected chi connectivity index (χ3v) is 6.54. The molecule has 0 aliphatic carbocycles. The van der Waals surface area contributed by atoms with Crippen LogP contribution in [0.5, 0.6) is 5.75 Å². The van der Waals surface area contributed by atoms with Crippen LogP contribution in [0.25, 0.3) is 0 Å². The minimum atomic E-state index is -3.85. The molecular weight excluding hydrogens is 428 g/mol. The molecule has 0 radical (unpaired) electrons. The molecule has 0 spiro atoms. The number of aromatic nitrogens is 2. The van der Waals surface area contributed by atoms with E-state index in [-0.39, 0.29) is 53.8 Å². The third kappa shape index (κ3) is 5.28. The van der Waals surface area contributed by atoms with Gasteiger partial charge >= 0.3 is 0 Å². The summed E-state index contributed by atoms with van der Waals surface area (Å²) in [7, 11) is -0.980. The molecule has 1 aromatic heterocycles. The Hall–Kier alpha value is -2.80. The lowest BCUT2D eigenvalue weighted by molar-refractivity contribution is 0.0729. The van der Waals surface area contributed by atoms with E-state index >= 15 is 0 Å². The van der Waals surface area contributed by atoms with Crippen LogP contribution in [0, 0.1) is 0 Å². The fourth-order valence-corrected chi connectivity index (χ4v) is 4.57. The van der Waals surface area contributed by atoms with Gasteiger partial charge in [0.15, 0.2) is 0 Å². The Balaban J connectivity index is 1.86. The van der Waals surface area contributed by atoms with Gasteiger partial charge in [-0.1, -0.05) is 0 Å². The van der Waals surface area contributed by atoms with E-state index < -0.39 is 15.9 Å². The van der Waals surface area contributed by atoms with Crippen LogP contribution in [0.4, 0.5) is 5.69 Å². The van der Waals surface area contributed by atoms with Gasteiger partial charge in [-0.2, -0.15) is 9.40 Å². The van der Waals surface area contributed by atoms with Gasteiger partial charge in [0.1, 0.15) is 16.3 Å². The van der Waals surface area contributed by atoms with Crippen molar-refractivity contribution in [1.29, 1.82) is 0 Å². The number of carbonyl (C=O) groups is 1. The molecule has 0 saturated carbocycles. The molecule has 1 aliphatic heterocycles. The first-order valence-electron chi connectivity index (χ1n) is 9.51. The number of sulfonamides is 1. The van der Waals surface area contributed by atoms with Crippen LogP contribution in [0.2, 0.25) is 0 Å². The second-order valence-electron chi connectivity index (χ2n) is 6.61. The third-order valence-electron chi connectivity index (χ3n) is 4.62. The molecule has 1 aliphatic rings. The predicted molar refractivity (Wildman–Crippen MR) is 111 cm³/mol. The van der Waals surface area contributed by atoms with E-state index in [0.717, 1.165) is 4.68 Å².